The van der Waals surface area contributed by atoms with Crippen LogP contribution in [0.5, 0.6) is 0 Å². The molecule has 0 aliphatic rings. The summed E-state index contributed by atoms with van der Waals surface area (Å²) in [5.74, 6) is -0.112. The van der Waals surface area contributed by atoms with Crippen LogP contribution in [0.2, 0.25) is 0 Å². The summed E-state index contributed by atoms with van der Waals surface area (Å²) in [6.07, 6.45) is 0.371. The third-order valence-electron chi connectivity index (χ3n) is 1.01. The second kappa shape index (κ2) is 5.29. The highest BCUT2D eigenvalue weighted by atomic mass is 35.5. The first kappa shape index (κ1) is 12.5. The minimum atomic E-state index is -3.05. The monoisotopic (exact) mass is 229 g/mol. The third kappa shape index (κ3) is 9.42. The smallest absolute Gasteiger partial charge is 0.408 e. The van der Waals surface area contributed by atoms with E-state index in [9.17, 15) is 13.2 Å². The van der Waals surface area contributed by atoms with Crippen LogP contribution in [0.25, 0.3) is 0 Å². The van der Waals surface area contributed by atoms with Crippen molar-refractivity contribution in [3.63, 3.8) is 0 Å². The molecule has 0 aromatic rings. The molecule has 0 heterocycles. The van der Waals surface area contributed by atoms with Gasteiger partial charge in [-0.1, -0.05) is 11.6 Å². The Labute approximate surface area is 82.3 Å². The second-order valence-corrected chi connectivity index (χ2v) is 5.38. The van der Waals surface area contributed by atoms with Crippen molar-refractivity contribution in [2.75, 3.05) is 18.6 Å². The summed E-state index contributed by atoms with van der Waals surface area (Å²) < 4.78 is 25.7. The van der Waals surface area contributed by atoms with Gasteiger partial charge in [0.05, 0.1) is 5.75 Å². The average Bonchev–Trinajstić information content (AvgIpc) is 1.81. The van der Waals surface area contributed by atoms with Gasteiger partial charge in [-0.05, 0) is 6.92 Å². The van der Waals surface area contributed by atoms with Gasteiger partial charge in [-0.3, -0.25) is 0 Å². The van der Waals surface area contributed by atoms with Crippen LogP contribution < -0.4 is 5.32 Å². The normalized spacial score (nSPS) is 13.5. The molecule has 0 saturated carbocycles. The van der Waals surface area contributed by atoms with Gasteiger partial charge in [0.15, 0.2) is 5.56 Å². The molecule has 13 heavy (non-hydrogen) atoms. The number of sulfone groups is 1. The van der Waals surface area contributed by atoms with Crippen molar-refractivity contribution < 1.29 is 17.9 Å². The minimum Gasteiger partial charge on any atom is -0.430 e. The highest BCUT2D eigenvalue weighted by Crippen LogP contribution is 1.95. The van der Waals surface area contributed by atoms with Crippen LogP contribution in [0.1, 0.15) is 6.92 Å². The number of halogens is 1. The Morgan fingerprint density at radius 1 is 1.62 bits per heavy atom. The Kier molecular flexibility index (Phi) is 5.09. The topological polar surface area (TPSA) is 72.5 Å². The molecule has 0 aromatic heterocycles. The summed E-state index contributed by atoms with van der Waals surface area (Å²) in [4.78, 5) is 10.7. The van der Waals surface area contributed by atoms with Gasteiger partial charge < -0.3 is 10.1 Å². The van der Waals surface area contributed by atoms with Gasteiger partial charge in [0, 0.05) is 12.8 Å². The number of alkyl halides is 1. The summed E-state index contributed by atoms with van der Waals surface area (Å²) in [5.41, 5.74) is -0.724. The first-order valence-electron chi connectivity index (χ1n) is 3.57. The fourth-order valence-electron chi connectivity index (χ4n) is 0.528. The average molecular weight is 230 g/mol. The molecule has 0 aliphatic heterocycles. The van der Waals surface area contributed by atoms with Crippen LogP contribution in [-0.4, -0.2) is 38.6 Å². The molecule has 1 atom stereocenters. The first-order chi connectivity index (χ1) is 5.81. The molecule has 0 aliphatic carbocycles. The van der Waals surface area contributed by atoms with E-state index in [-0.39, 0.29) is 12.3 Å². The predicted octanol–water partition coefficient (Wildman–Crippen LogP) is 0.342. The maximum Gasteiger partial charge on any atom is 0.408 e. The zero-order valence-corrected chi connectivity index (χ0v) is 8.98. The number of carbonyl (C=O) groups is 1. The molecule has 0 rings (SSSR count). The minimum absolute atomic E-state index is 0.0290. The molecule has 1 N–H and O–H groups in total. The molecule has 0 bridgehead atoms. The third-order valence-corrected chi connectivity index (χ3v) is 2.05. The number of ether oxygens (including phenoxy) is 1. The van der Waals surface area contributed by atoms with Crippen LogP contribution in [0.4, 0.5) is 4.79 Å². The van der Waals surface area contributed by atoms with Crippen molar-refractivity contribution in [3.8, 4) is 0 Å². The Hall–Kier alpha value is -0.490. The van der Waals surface area contributed by atoms with Crippen LogP contribution in [0.3, 0.4) is 0 Å². The summed E-state index contributed by atoms with van der Waals surface area (Å²) in [6.45, 7) is 1.51. The van der Waals surface area contributed by atoms with E-state index >= 15 is 0 Å². The standard InChI is InChI=1S/C6H12ClNO4S/c1-5(7)12-6(9)8-3-4-13(2,10)11/h5H,3-4H2,1-2H3,(H,8,9). The van der Waals surface area contributed by atoms with Crippen LogP contribution >= 0.6 is 11.6 Å². The van der Waals surface area contributed by atoms with E-state index in [4.69, 9.17) is 11.6 Å². The maximum atomic E-state index is 10.7. The van der Waals surface area contributed by atoms with Gasteiger partial charge in [0.2, 0.25) is 0 Å². The van der Waals surface area contributed by atoms with E-state index in [1.54, 1.807) is 0 Å². The molecule has 1 amide bonds. The van der Waals surface area contributed by atoms with Gasteiger partial charge in [0.1, 0.15) is 9.84 Å². The van der Waals surface area contributed by atoms with E-state index in [1.165, 1.54) is 6.92 Å². The number of alkyl carbamates (subject to hydrolysis) is 1. The SMILES string of the molecule is CC(Cl)OC(=O)NCCS(C)(=O)=O. The van der Waals surface area contributed by atoms with E-state index in [1.807, 2.05) is 0 Å². The lowest BCUT2D eigenvalue weighted by molar-refractivity contribution is 0.139. The lowest BCUT2D eigenvalue weighted by Crippen LogP contribution is -2.30. The van der Waals surface area contributed by atoms with Gasteiger partial charge >= 0.3 is 6.09 Å². The quantitative estimate of drug-likeness (QED) is 0.706. The number of hydrogen-bond donors (Lipinski definition) is 1. The van der Waals surface area contributed by atoms with Crippen molar-refractivity contribution in [2.24, 2.45) is 0 Å². The van der Waals surface area contributed by atoms with Gasteiger partial charge in [-0.25, -0.2) is 13.2 Å². The first-order valence-corrected chi connectivity index (χ1v) is 6.07. The van der Waals surface area contributed by atoms with Gasteiger partial charge in [0.25, 0.3) is 0 Å². The molecule has 0 spiro atoms. The highest BCUT2D eigenvalue weighted by Gasteiger charge is 2.07. The Morgan fingerprint density at radius 3 is 2.54 bits per heavy atom. The molecule has 7 heteroatoms. The number of amides is 1. The molecule has 78 valence electrons. The van der Waals surface area contributed by atoms with Gasteiger partial charge in [-0.2, -0.15) is 0 Å². The van der Waals surface area contributed by atoms with E-state index in [0.717, 1.165) is 6.26 Å². The van der Waals surface area contributed by atoms with Crippen molar-refractivity contribution in [1.82, 2.24) is 5.32 Å². The zero-order chi connectivity index (χ0) is 10.5. The van der Waals surface area contributed by atoms with Crippen molar-refractivity contribution in [1.29, 1.82) is 0 Å². The molecule has 1 unspecified atom stereocenters. The Morgan fingerprint density at radius 2 is 2.15 bits per heavy atom. The molecular weight excluding hydrogens is 218 g/mol. The number of carbonyl (C=O) groups excluding carboxylic acids is 1. The lowest BCUT2D eigenvalue weighted by Gasteiger charge is -2.06. The van der Waals surface area contributed by atoms with Crippen molar-refractivity contribution >= 4 is 27.5 Å². The number of hydrogen-bond acceptors (Lipinski definition) is 4. The molecular formula is C6H12ClNO4S. The molecule has 0 fully saturated rings. The highest BCUT2D eigenvalue weighted by molar-refractivity contribution is 7.90. The molecule has 5 nitrogen and oxygen atoms in total. The maximum absolute atomic E-state index is 10.7. The fourth-order valence-corrected chi connectivity index (χ4v) is 1.08. The van der Waals surface area contributed by atoms with E-state index < -0.39 is 21.5 Å². The molecule has 0 radical (unpaired) electrons. The second-order valence-electron chi connectivity index (χ2n) is 2.50. The lowest BCUT2D eigenvalue weighted by atomic mass is 10.7. The Bertz CT molecular complexity index is 262. The van der Waals surface area contributed by atoms with E-state index in [2.05, 4.69) is 10.1 Å². The summed E-state index contributed by atoms with van der Waals surface area (Å²) >= 11 is 5.34. The number of nitrogens with one attached hydrogen (secondary N) is 1. The van der Waals surface area contributed by atoms with Crippen molar-refractivity contribution in [3.05, 3.63) is 0 Å². The summed E-state index contributed by atoms with van der Waals surface area (Å²) in [5, 5.41) is 2.25. The number of rotatable bonds is 4. The predicted molar refractivity (Wildman–Crippen MR) is 49.5 cm³/mol. The largest absolute Gasteiger partial charge is 0.430 e. The van der Waals surface area contributed by atoms with Crippen LogP contribution in [0.15, 0.2) is 0 Å². The van der Waals surface area contributed by atoms with Crippen LogP contribution in [-0.2, 0) is 14.6 Å². The zero-order valence-electron chi connectivity index (χ0n) is 7.41. The van der Waals surface area contributed by atoms with Gasteiger partial charge in [-0.15, -0.1) is 0 Å². The summed E-state index contributed by atoms with van der Waals surface area (Å²) in [7, 11) is -3.05. The Balaban J connectivity index is 3.61. The van der Waals surface area contributed by atoms with Crippen LogP contribution in [0, 0.1) is 0 Å². The molecule has 0 aromatic carbocycles. The molecule has 0 saturated heterocycles. The van der Waals surface area contributed by atoms with Crippen molar-refractivity contribution in [2.45, 2.75) is 12.5 Å². The fraction of sp³-hybridized carbons (Fsp3) is 0.833. The summed E-state index contributed by atoms with van der Waals surface area (Å²) in [6, 6.07) is 0. The van der Waals surface area contributed by atoms with E-state index in [0.29, 0.717) is 0 Å².